The molecule has 0 fully saturated rings. The van der Waals surface area contributed by atoms with E-state index in [1.165, 1.54) is 55.6 Å². The molecule has 0 aliphatic carbocycles. The van der Waals surface area contributed by atoms with Gasteiger partial charge in [0.15, 0.2) is 5.82 Å². The van der Waals surface area contributed by atoms with Gasteiger partial charge < -0.3 is 0 Å². The van der Waals surface area contributed by atoms with Crippen molar-refractivity contribution >= 4 is 0 Å². The maximum absolute atomic E-state index is 4.93. The summed E-state index contributed by atoms with van der Waals surface area (Å²) in [5.74, 6) is 0.716. The second-order valence-corrected chi connectivity index (χ2v) is 14.8. The molecule has 46 heavy (non-hydrogen) atoms. The number of hydrogen-bond donors (Lipinski definition) is 0. The van der Waals surface area contributed by atoms with Gasteiger partial charge in [0.05, 0.1) is 5.69 Å². The zero-order chi connectivity index (χ0) is 32.8. The van der Waals surface area contributed by atoms with Gasteiger partial charge >= 0.3 is 0 Å². The Morgan fingerprint density at radius 3 is 1.39 bits per heavy atom. The van der Waals surface area contributed by atoms with Crippen molar-refractivity contribution in [2.45, 2.75) is 73.1 Å². The minimum absolute atomic E-state index is 0.110. The van der Waals surface area contributed by atoms with Gasteiger partial charge in [0, 0.05) is 5.56 Å². The second-order valence-electron chi connectivity index (χ2n) is 14.8. The van der Waals surface area contributed by atoms with E-state index in [0.717, 1.165) is 16.8 Å². The van der Waals surface area contributed by atoms with Crippen LogP contribution < -0.4 is 0 Å². The number of nitrogens with zero attached hydrogens (tertiary/aromatic N) is 3. The molecule has 0 N–H and O–H groups in total. The summed E-state index contributed by atoms with van der Waals surface area (Å²) in [5, 5.41) is 4.93. The molecule has 1 aromatic heterocycles. The van der Waals surface area contributed by atoms with Crippen LogP contribution in [-0.2, 0) is 10.8 Å². The Hall–Kier alpha value is -4.76. The lowest BCUT2D eigenvalue weighted by molar-refractivity contribution is 0.590. The van der Waals surface area contributed by atoms with Crippen LogP contribution in [0, 0.1) is 20.8 Å². The van der Waals surface area contributed by atoms with Crippen molar-refractivity contribution < 1.29 is 0 Å². The third-order valence-corrected chi connectivity index (χ3v) is 8.91. The van der Waals surface area contributed by atoms with E-state index in [1.807, 2.05) is 11.0 Å². The summed E-state index contributed by atoms with van der Waals surface area (Å²) in [6, 6.07) is 38.0. The third kappa shape index (κ3) is 6.46. The van der Waals surface area contributed by atoms with E-state index in [2.05, 4.69) is 165 Å². The molecule has 0 spiro atoms. The van der Waals surface area contributed by atoms with Gasteiger partial charge in [-0.1, -0.05) is 126 Å². The van der Waals surface area contributed by atoms with Crippen LogP contribution in [0.1, 0.15) is 69.4 Å². The zero-order valence-electron chi connectivity index (χ0n) is 28.7. The van der Waals surface area contributed by atoms with Crippen LogP contribution in [-0.4, -0.2) is 14.8 Å². The number of hydrogen-bond acceptors (Lipinski definition) is 2. The first-order valence-corrected chi connectivity index (χ1v) is 16.2. The highest BCUT2D eigenvalue weighted by Gasteiger charge is 2.16. The fourth-order valence-corrected chi connectivity index (χ4v) is 6.33. The van der Waals surface area contributed by atoms with Crippen LogP contribution in [0.5, 0.6) is 0 Å². The van der Waals surface area contributed by atoms with E-state index >= 15 is 0 Å². The van der Waals surface area contributed by atoms with Crippen molar-refractivity contribution in [2.75, 3.05) is 0 Å². The second kappa shape index (κ2) is 11.9. The maximum Gasteiger partial charge on any atom is 0.181 e. The van der Waals surface area contributed by atoms with Crippen LogP contribution >= 0.6 is 0 Å². The molecule has 0 unspecified atom stereocenters. The average molecular weight is 604 g/mol. The highest BCUT2D eigenvalue weighted by molar-refractivity contribution is 5.82. The van der Waals surface area contributed by atoms with Crippen molar-refractivity contribution in [3.05, 3.63) is 137 Å². The largest absolute Gasteiger partial charge is 0.220 e. The molecule has 1 heterocycles. The molecule has 0 saturated carbocycles. The Kier molecular flexibility index (Phi) is 8.06. The lowest BCUT2D eigenvalue weighted by Gasteiger charge is -2.20. The smallest absolute Gasteiger partial charge is 0.181 e. The van der Waals surface area contributed by atoms with Gasteiger partial charge in [0.1, 0.15) is 6.33 Å². The van der Waals surface area contributed by atoms with Crippen molar-refractivity contribution in [3.8, 4) is 50.5 Å². The van der Waals surface area contributed by atoms with Gasteiger partial charge in [-0.25, -0.2) is 9.67 Å². The molecule has 3 heteroatoms. The summed E-state index contributed by atoms with van der Waals surface area (Å²) >= 11 is 0. The quantitative estimate of drug-likeness (QED) is 0.196. The van der Waals surface area contributed by atoms with Crippen molar-refractivity contribution in [1.29, 1.82) is 0 Å². The lowest BCUT2D eigenvalue weighted by Crippen LogP contribution is -2.10. The molecule has 0 bridgehead atoms. The molecule has 6 rings (SSSR count). The van der Waals surface area contributed by atoms with Gasteiger partial charge in [-0.2, -0.15) is 0 Å². The van der Waals surface area contributed by atoms with E-state index in [0.29, 0.717) is 5.82 Å². The van der Waals surface area contributed by atoms with Crippen LogP contribution in [0.25, 0.3) is 50.5 Å². The van der Waals surface area contributed by atoms with Gasteiger partial charge in [-0.3, -0.25) is 0 Å². The molecule has 5 aromatic carbocycles. The predicted molar refractivity (Wildman–Crippen MR) is 195 cm³/mol. The molecule has 232 valence electrons. The topological polar surface area (TPSA) is 30.7 Å². The molecular formula is C43H45N3. The van der Waals surface area contributed by atoms with Crippen LogP contribution in [0.4, 0.5) is 0 Å². The molecule has 3 nitrogen and oxygen atoms in total. The molecule has 0 atom stereocenters. The highest BCUT2D eigenvalue weighted by atomic mass is 15.3. The fourth-order valence-electron chi connectivity index (χ4n) is 6.33. The fraction of sp³-hybridized carbons (Fsp3) is 0.256. The van der Waals surface area contributed by atoms with Crippen LogP contribution in [0.15, 0.2) is 109 Å². The Balaban J connectivity index is 1.43. The zero-order valence-corrected chi connectivity index (χ0v) is 28.7. The minimum atomic E-state index is 0.110. The molecule has 6 aromatic rings. The minimum Gasteiger partial charge on any atom is -0.220 e. The van der Waals surface area contributed by atoms with E-state index in [9.17, 15) is 0 Å². The molecular weight excluding hydrogens is 558 g/mol. The van der Waals surface area contributed by atoms with Gasteiger partial charge in [0.2, 0.25) is 0 Å². The van der Waals surface area contributed by atoms with E-state index in [-0.39, 0.29) is 10.8 Å². The van der Waals surface area contributed by atoms with Gasteiger partial charge in [-0.05, 0) is 112 Å². The average Bonchev–Trinajstić information content (AvgIpc) is 3.49. The SMILES string of the molecule is Cc1cc(C)c(-n2cnc(-c3cccc(-c4cc(-c5ccc(C(C)(C)C)cc5)cc(-c5ccc(C(C)(C)C)cc5)c4)c3)n2)c(C)c1. The maximum atomic E-state index is 4.93. The van der Waals surface area contributed by atoms with Crippen molar-refractivity contribution in [2.24, 2.45) is 0 Å². The van der Waals surface area contributed by atoms with Gasteiger partial charge in [-0.15, -0.1) is 5.10 Å². The van der Waals surface area contributed by atoms with Crippen LogP contribution in [0.3, 0.4) is 0 Å². The number of aromatic nitrogens is 3. The highest BCUT2D eigenvalue weighted by Crippen LogP contribution is 2.36. The first kappa shape index (κ1) is 31.2. The predicted octanol–water partition coefficient (Wildman–Crippen LogP) is 11.5. The first-order valence-electron chi connectivity index (χ1n) is 16.2. The summed E-state index contributed by atoms with van der Waals surface area (Å²) in [6.07, 6.45) is 1.83. The number of aryl methyl sites for hydroxylation is 3. The van der Waals surface area contributed by atoms with Crippen molar-refractivity contribution in [1.82, 2.24) is 14.8 Å². The Labute approximate surface area is 275 Å². The Morgan fingerprint density at radius 2 is 0.913 bits per heavy atom. The van der Waals surface area contributed by atoms with Crippen molar-refractivity contribution in [3.63, 3.8) is 0 Å². The number of rotatable bonds is 5. The molecule has 0 saturated heterocycles. The summed E-state index contributed by atoms with van der Waals surface area (Å²) in [6.45, 7) is 20.0. The molecule has 0 aliphatic heterocycles. The molecule has 0 radical (unpaired) electrons. The van der Waals surface area contributed by atoms with E-state index < -0.39 is 0 Å². The molecule has 0 amide bonds. The first-order chi connectivity index (χ1) is 21.8. The Bertz CT molecular complexity index is 1910. The molecule has 0 aliphatic rings. The van der Waals surface area contributed by atoms with Crippen LogP contribution in [0.2, 0.25) is 0 Å². The summed E-state index contributed by atoms with van der Waals surface area (Å²) < 4.78 is 1.91. The lowest BCUT2D eigenvalue weighted by atomic mass is 9.85. The summed E-state index contributed by atoms with van der Waals surface area (Å²) in [7, 11) is 0. The Morgan fingerprint density at radius 1 is 0.478 bits per heavy atom. The standard InChI is InChI=1S/C43H45N3/c1-28-21-29(2)40(30(3)22-28)46-27-44-41(45-46)34-12-10-11-33(23-34)37-25-35(31-13-17-38(18-14-31)42(4,5)6)24-36(26-37)32-15-19-39(20-16-32)43(7,8)9/h10-27H,1-9H3. The van der Waals surface area contributed by atoms with E-state index in [1.54, 1.807) is 0 Å². The third-order valence-electron chi connectivity index (χ3n) is 8.91. The van der Waals surface area contributed by atoms with Gasteiger partial charge in [0.25, 0.3) is 0 Å². The monoisotopic (exact) mass is 603 g/mol. The summed E-state index contributed by atoms with van der Waals surface area (Å²) in [5.41, 5.74) is 15.7. The summed E-state index contributed by atoms with van der Waals surface area (Å²) in [4.78, 5) is 4.74. The number of benzene rings is 5. The normalized spacial score (nSPS) is 12.0. The van der Waals surface area contributed by atoms with E-state index in [4.69, 9.17) is 10.1 Å².